The van der Waals surface area contributed by atoms with Crippen molar-refractivity contribution in [2.45, 2.75) is 13.5 Å². The minimum atomic E-state index is 0.513. The fourth-order valence-corrected chi connectivity index (χ4v) is 3.91. The Morgan fingerprint density at radius 3 is 2.59 bits per heavy atom. The zero-order chi connectivity index (χ0) is 14.7. The Kier molecular flexibility index (Phi) is 2.31. The van der Waals surface area contributed by atoms with Crippen molar-refractivity contribution in [2.75, 3.05) is 11.6 Å². The van der Waals surface area contributed by atoms with Gasteiger partial charge in [-0.1, -0.05) is 36.4 Å². The topological polar surface area (TPSA) is 20.5 Å². The third kappa shape index (κ3) is 1.48. The van der Waals surface area contributed by atoms with E-state index < -0.39 is 0 Å². The van der Waals surface area contributed by atoms with E-state index in [9.17, 15) is 0 Å². The van der Waals surface area contributed by atoms with Gasteiger partial charge >= 0.3 is 0 Å². The molecule has 0 amide bonds. The van der Waals surface area contributed by atoms with Crippen LogP contribution in [-0.4, -0.2) is 16.8 Å². The number of rotatable bonds is 1. The van der Waals surface area contributed by atoms with Gasteiger partial charge in [0.25, 0.3) is 0 Å². The van der Waals surface area contributed by atoms with Gasteiger partial charge in [0.1, 0.15) is 0 Å². The van der Waals surface area contributed by atoms with E-state index in [2.05, 4.69) is 71.1 Å². The highest BCUT2D eigenvalue weighted by molar-refractivity contribution is 6.10. The highest BCUT2D eigenvalue weighted by atomic mass is 15.5. The van der Waals surface area contributed by atoms with E-state index >= 15 is 0 Å². The van der Waals surface area contributed by atoms with E-state index in [1.54, 1.807) is 0 Å². The molecule has 5 rings (SSSR count). The molecule has 0 saturated carbocycles. The number of fused-ring (bicyclic) bond motifs is 5. The lowest BCUT2D eigenvalue weighted by molar-refractivity contribution is 0.618. The van der Waals surface area contributed by atoms with Gasteiger partial charge in [0.2, 0.25) is 0 Å². The molecule has 3 aromatic rings. The first-order valence-electron chi connectivity index (χ1n) is 7.82. The van der Waals surface area contributed by atoms with E-state index in [-0.39, 0.29) is 0 Å². The minimum absolute atomic E-state index is 0.513. The van der Waals surface area contributed by atoms with Crippen molar-refractivity contribution in [2.24, 2.45) is 11.0 Å². The molecule has 3 nitrogen and oxygen atoms in total. The average Bonchev–Trinajstić information content (AvgIpc) is 3.19. The Morgan fingerprint density at radius 1 is 0.955 bits per heavy atom. The third-order valence-electron chi connectivity index (χ3n) is 4.93. The van der Waals surface area contributed by atoms with Crippen LogP contribution in [0.2, 0.25) is 0 Å². The number of aryl methyl sites for hydroxylation is 1. The van der Waals surface area contributed by atoms with Gasteiger partial charge in [-0.3, -0.25) is 5.01 Å². The Morgan fingerprint density at radius 2 is 1.73 bits per heavy atom. The van der Waals surface area contributed by atoms with Gasteiger partial charge in [0, 0.05) is 23.4 Å². The van der Waals surface area contributed by atoms with E-state index in [0.29, 0.717) is 5.92 Å². The van der Waals surface area contributed by atoms with Crippen LogP contribution in [-0.2, 0) is 6.54 Å². The average molecular weight is 287 g/mol. The summed E-state index contributed by atoms with van der Waals surface area (Å²) in [5.41, 5.74) is 6.50. The van der Waals surface area contributed by atoms with Crippen LogP contribution in [0.4, 0.5) is 5.69 Å². The number of benzene rings is 2. The van der Waals surface area contributed by atoms with Crippen LogP contribution < -0.4 is 5.01 Å². The molecule has 0 N–H and O–H groups in total. The van der Waals surface area contributed by atoms with Crippen LogP contribution in [0.5, 0.6) is 0 Å². The number of hydrogen-bond acceptors (Lipinski definition) is 2. The normalized spacial score (nSPS) is 19.4. The molecule has 2 aliphatic rings. The van der Waals surface area contributed by atoms with Gasteiger partial charge in [0.15, 0.2) is 0 Å². The van der Waals surface area contributed by atoms with Crippen molar-refractivity contribution in [3.63, 3.8) is 0 Å². The smallest absolute Gasteiger partial charge is 0.0916 e. The molecule has 0 aliphatic carbocycles. The summed E-state index contributed by atoms with van der Waals surface area (Å²) < 4.78 is 2.45. The number of anilines is 1. The maximum atomic E-state index is 4.95. The number of hydrogen-bond donors (Lipinski definition) is 0. The molecule has 2 aromatic carbocycles. The Hall–Kier alpha value is -2.55. The molecule has 1 atom stereocenters. The largest absolute Gasteiger partial charge is 0.338 e. The second-order valence-corrected chi connectivity index (χ2v) is 6.20. The first kappa shape index (κ1) is 12.0. The molecule has 3 heteroatoms. The van der Waals surface area contributed by atoms with Crippen molar-refractivity contribution >= 4 is 22.3 Å². The molecule has 0 spiro atoms. The van der Waals surface area contributed by atoms with E-state index in [1.807, 2.05) is 0 Å². The van der Waals surface area contributed by atoms with Crippen molar-refractivity contribution in [3.05, 3.63) is 65.9 Å². The SMILES string of the molecule is Cc1c2n(c3ccccc13)CC1CN(c3ccccc3)N=C21. The maximum absolute atomic E-state index is 4.95. The lowest BCUT2D eigenvalue weighted by Crippen LogP contribution is -2.19. The Bertz CT molecular complexity index is 905. The lowest BCUT2D eigenvalue weighted by Gasteiger charge is -2.15. The first-order chi connectivity index (χ1) is 10.8. The van der Waals surface area contributed by atoms with Gasteiger partial charge in [0.05, 0.1) is 23.6 Å². The van der Waals surface area contributed by atoms with E-state index in [0.717, 1.165) is 13.1 Å². The quantitative estimate of drug-likeness (QED) is 0.666. The van der Waals surface area contributed by atoms with Crippen LogP contribution in [0.3, 0.4) is 0 Å². The second kappa shape index (κ2) is 4.23. The van der Waals surface area contributed by atoms with Gasteiger partial charge in [-0.2, -0.15) is 5.10 Å². The molecule has 2 aliphatic heterocycles. The number of para-hydroxylation sites is 2. The van der Waals surface area contributed by atoms with Crippen molar-refractivity contribution in [1.82, 2.24) is 4.57 Å². The molecule has 0 bridgehead atoms. The molecule has 0 radical (unpaired) electrons. The number of hydrazone groups is 1. The maximum Gasteiger partial charge on any atom is 0.0916 e. The molecule has 22 heavy (non-hydrogen) atoms. The van der Waals surface area contributed by atoms with Crippen LogP contribution in [0, 0.1) is 12.8 Å². The summed E-state index contributed by atoms with van der Waals surface area (Å²) in [5, 5.41) is 8.46. The van der Waals surface area contributed by atoms with Crippen LogP contribution in [0.1, 0.15) is 11.3 Å². The zero-order valence-corrected chi connectivity index (χ0v) is 12.5. The van der Waals surface area contributed by atoms with Crippen LogP contribution in [0.15, 0.2) is 59.7 Å². The summed E-state index contributed by atoms with van der Waals surface area (Å²) in [6.45, 7) is 4.25. The molecule has 1 aromatic heterocycles. The number of aromatic nitrogens is 1. The monoisotopic (exact) mass is 287 g/mol. The summed E-state index contributed by atoms with van der Waals surface area (Å²) >= 11 is 0. The molecular formula is C19H17N3. The third-order valence-corrected chi connectivity index (χ3v) is 4.93. The molecule has 0 fully saturated rings. The van der Waals surface area contributed by atoms with E-state index in [1.165, 1.54) is 33.6 Å². The Labute approximate surface area is 129 Å². The van der Waals surface area contributed by atoms with Gasteiger partial charge in [-0.05, 0) is 30.7 Å². The second-order valence-electron chi connectivity index (χ2n) is 6.20. The zero-order valence-electron chi connectivity index (χ0n) is 12.5. The molecule has 0 saturated heterocycles. The predicted molar refractivity (Wildman–Crippen MR) is 90.5 cm³/mol. The van der Waals surface area contributed by atoms with Crippen molar-refractivity contribution in [3.8, 4) is 0 Å². The molecule has 3 heterocycles. The first-order valence-corrected chi connectivity index (χ1v) is 7.82. The fraction of sp³-hybridized carbons (Fsp3) is 0.211. The van der Waals surface area contributed by atoms with Crippen molar-refractivity contribution in [1.29, 1.82) is 0 Å². The summed E-state index contributed by atoms with van der Waals surface area (Å²) in [6, 6.07) is 19.2. The lowest BCUT2D eigenvalue weighted by atomic mass is 10.0. The summed E-state index contributed by atoms with van der Waals surface area (Å²) in [7, 11) is 0. The highest BCUT2D eigenvalue weighted by Gasteiger charge is 2.38. The van der Waals surface area contributed by atoms with Gasteiger partial charge in [-0.15, -0.1) is 0 Å². The van der Waals surface area contributed by atoms with Crippen LogP contribution >= 0.6 is 0 Å². The van der Waals surface area contributed by atoms with Crippen LogP contribution in [0.25, 0.3) is 10.9 Å². The molecule has 108 valence electrons. The highest BCUT2D eigenvalue weighted by Crippen LogP contribution is 2.37. The standard InChI is InChI=1S/C19H17N3/c1-13-16-9-5-6-10-17(16)21-11-14-12-22(20-18(14)19(13)21)15-7-3-2-4-8-15/h2-10,14H,11-12H2,1H3. The number of nitrogens with zero attached hydrogens (tertiary/aromatic N) is 3. The Balaban J connectivity index is 1.66. The molecule has 1 unspecified atom stereocenters. The van der Waals surface area contributed by atoms with Gasteiger partial charge < -0.3 is 4.57 Å². The minimum Gasteiger partial charge on any atom is -0.338 e. The summed E-state index contributed by atoms with van der Waals surface area (Å²) in [6.07, 6.45) is 0. The van der Waals surface area contributed by atoms with Crippen molar-refractivity contribution < 1.29 is 0 Å². The predicted octanol–water partition coefficient (Wildman–Crippen LogP) is 3.80. The fourth-order valence-electron chi connectivity index (χ4n) is 3.91. The van der Waals surface area contributed by atoms with Gasteiger partial charge in [-0.25, -0.2) is 0 Å². The summed E-state index contributed by atoms with van der Waals surface area (Å²) in [4.78, 5) is 0. The van der Waals surface area contributed by atoms with E-state index in [4.69, 9.17) is 5.10 Å². The molecular weight excluding hydrogens is 270 g/mol. The summed E-state index contributed by atoms with van der Waals surface area (Å²) in [5.74, 6) is 0.513.